The predicted molar refractivity (Wildman–Crippen MR) is 111 cm³/mol. The van der Waals surface area contributed by atoms with E-state index >= 15 is 0 Å². The number of para-hydroxylation sites is 1. The fourth-order valence-electron chi connectivity index (χ4n) is 3.29. The first-order valence-corrected chi connectivity index (χ1v) is 9.42. The molecule has 3 heteroatoms. The minimum absolute atomic E-state index is 0.339. The van der Waals surface area contributed by atoms with Crippen molar-refractivity contribution in [1.29, 1.82) is 0 Å². The summed E-state index contributed by atoms with van der Waals surface area (Å²) in [6.07, 6.45) is 6.17. The summed E-state index contributed by atoms with van der Waals surface area (Å²) in [7, 11) is 0. The second-order valence-electron chi connectivity index (χ2n) is 7.05. The van der Waals surface area contributed by atoms with Gasteiger partial charge in [0.2, 0.25) is 5.71 Å². The number of benzene rings is 1. The molecule has 1 unspecified atom stereocenters. The van der Waals surface area contributed by atoms with Crippen LogP contribution in [0, 0.1) is 12.8 Å². The molecule has 0 aliphatic rings. The van der Waals surface area contributed by atoms with Crippen LogP contribution in [0.3, 0.4) is 0 Å². The van der Waals surface area contributed by atoms with Crippen LogP contribution in [0.25, 0.3) is 27.8 Å². The Morgan fingerprint density at radius 2 is 2.04 bits per heavy atom. The number of nitrogens with one attached hydrogen (secondary N) is 1. The predicted octanol–water partition coefficient (Wildman–Crippen LogP) is 6.23. The van der Waals surface area contributed by atoms with E-state index in [0.717, 1.165) is 46.2 Å². The van der Waals surface area contributed by atoms with Crippen LogP contribution in [0.5, 0.6) is 0 Å². The molecule has 3 nitrogen and oxygen atoms in total. The molecule has 2 aromatic heterocycles. The molecular weight excluding hydrogens is 320 g/mol. The SMILES string of the molecule is C=CC[C@@H](C)C(C)N/C(=C\CC)c1cccc2c1oc1nc(C)ccc12. The number of hydrogen-bond acceptors (Lipinski definition) is 3. The van der Waals surface area contributed by atoms with Crippen molar-refractivity contribution in [3.8, 4) is 0 Å². The quantitative estimate of drug-likeness (QED) is 0.514. The van der Waals surface area contributed by atoms with Gasteiger partial charge in [0.15, 0.2) is 0 Å². The number of pyridine rings is 1. The highest BCUT2D eigenvalue weighted by Gasteiger charge is 2.17. The minimum atomic E-state index is 0.339. The molecule has 1 N–H and O–H groups in total. The first kappa shape index (κ1) is 18.2. The van der Waals surface area contributed by atoms with Crippen LogP contribution < -0.4 is 5.32 Å². The summed E-state index contributed by atoms with van der Waals surface area (Å²) in [4.78, 5) is 4.56. The van der Waals surface area contributed by atoms with Crippen molar-refractivity contribution in [1.82, 2.24) is 10.3 Å². The van der Waals surface area contributed by atoms with E-state index in [1.165, 1.54) is 0 Å². The highest BCUT2D eigenvalue weighted by atomic mass is 16.3. The van der Waals surface area contributed by atoms with Gasteiger partial charge in [0.05, 0.1) is 0 Å². The van der Waals surface area contributed by atoms with Crippen LogP contribution in [0.15, 0.2) is 53.5 Å². The van der Waals surface area contributed by atoms with Gasteiger partial charge in [-0.25, -0.2) is 4.98 Å². The van der Waals surface area contributed by atoms with Crippen molar-refractivity contribution in [2.75, 3.05) is 0 Å². The van der Waals surface area contributed by atoms with Crippen LogP contribution in [0.2, 0.25) is 0 Å². The second-order valence-corrected chi connectivity index (χ2v) is 7.05. The van der Waals surface area contributed by atoms with Crippen molar-refractivity contribution in [2.45, 2.75) is 46.6 Å². The van der Waals surface area contributed by atoms with Crippen molar-refractivity contribution in [3.63, 3.8) is 0 Å². The molecule has 136 valence electrons. The van der Waals surface area contributed by atoms with E-state index in [2.05, 4.69) is 68.0 Å². The molecule has 0 fully saturated rings. The topological polar surface area (TPSA) is 38.1 Å². The summed E-state index contributed by atoms with van der Waals surface area (Å²) in [6.45, 7) is 12.5. The number of hydrogen-bond donors (Lipinski definition) is 1. The summed E-state index contributed by atoms with van der Waals surface area (Å²) in [5.41, 5.74) is 4.79. The Kier molecular flexibility index (Phi) is 5.46. The van der Waals surface area contributed by atoms with Gasteiger partial charge in [0.1, 0.15) is 5.58 Å². The molecule has 0 saturated heterocycles. The van der Waals surface area contributed by atoms with E-state index in [1.54, 1.807) is 0 Å². The zero-order valence-corrected chi connectivity index (χ0v) is 16.2. The fourth-order valence-corrected chi connectivity index (χ4v) is 3.29. The molecule has 0 bridgehead atoms. The molecule has 2 atom stereocenters. The number of aromatic nitrogens is 1. The number of furan rings is 1. The van der Waals surface area contributed by atoms with Crippen molar-refractivity contribution in [2.24, 2.45) is 5.92 Å². The molecule has 0 amide bonds. The van der Waals surface area contributed by atoms with Crippen LogP contribution in [0.4, 0.5) is 0 Å². The largest absolute Gasteiger partial charge is 0.437 e. The Bertz CT molecular complexity index is 951. The third-order valence-electron chi connectivity index (χ3n) is 4.98. The highest BCUT2D eigenvalue weighted by Crippen LogP contribution is 2.33. The molecule has 0 saturated carbocycles. The number of rotatable bonds is 7. The summed E-state index contributed by atoms with van der Waals surface area (Å²) in [5, 5.41) is 5.88. The Balaban J connectivity index is 2.07. The molecule has 0 radical (unpaired) electrons. The van der Waals surface area contributed by atoms with Gasteiger partial charge < -0.3 is 9.73 Å². The maximum Gasteiger partial charge on any atom is 0.227 e. The number of aryl methyl sites for hydroxylation is 1. The average molecular weight is 348 g/mol. The van der Waals surface area contributed by atoms with Gasteiger partial charge in [-0.3, -0.25) is 0 Å². The lowest BCUT2D eigenvalue weighted by Gasteiger charge is -2.23. The van der Waals surface area contributed by atoms with Gasteiger partial charge in [0.25, 0.3) is 0 Å². The van der Waals surface area contributed by atoms with Crippen molar-refractivity contribution >= 4 is 27.8 Å². The lowest BCUT2D eigenvalue weighted by Crippen LogP contribution is -2.30. The van der Waals surface area contributed by atoms with Gasteiger partial charge in [-0.1, -0.05) is 38.1 Å². The van der Waals surface area contributed by atoms with E-state index in [0.29, 0.717) is 17.7 Å². The monoisotopic (exact) mass is 348 g/mol. The molecule has 0 spiro atoms. The Labute approximate surface area is 155 Å². The molecule has 0 aliphatic heterocycles. The molecule has 1 aromatic carbocycles. The van der Waals surface area contributed by atoms with Gasteiger partial charge in [-0.15, -0.1) is 6.58 Å². The van der Waals surface area contributed by atoms with Crippen LogP contribution in [0.1, 0.15) is 44.9 Å². The summed E-state index contributed by atoms with van der Waals surface area (Å²) in [6, 6.07) is 10.8. The lowest BCUT2D eigenvalue weighted by molar-refractivity contribution is 0.448. The van der Waals surface area contributed by atoms with Crippen LogP contribution in [-0.2, 0) is 0 Å². The van der Waals surface area contributed by atoms with E-state index in [1.807, 2.05) is 19.1 Å². The standard InChI is InChI=1S/C23H28N2O/c1-6-9-15(3)17(5)25-21(10-7-2)20-12-8-11-18-19-14-13-16(4)24-23(19)26-22(18)20/h6,8,10-15,17,25H,1,7,9H2,2-5H3/b21-10-/t15-,17?/m1/s1. The first-order chi connectivity index (χ1) is 12.5. The summed E-state index contributed by atoms with van der Waals surface area (Å²) >= 11 is 0. The Hall–Kier alpha value is -2.55. The minimum Gasteiger partial charge on any atom is -0.437 e. The second kappa shape index (κ2) is 7.77. The van der Waals surface area contributed by atoms with E-state index in [4.69, 9.17) is 4.42 Å². The Morgan fingerprint density at radius 3 is 2.77 bits per heavy atom. The molecule has 26 heavy (non-hydrogen) atoms. The van der Waals surface area contributed by atoms with Crippen LogP contribution in [-0.4, -0.2) is 11.0 Å². The van der Waals surface area contributed by atoms with Crippen molar-refractivity contribution < 1.29 is 4.42 Å². The summed E-state index contributed by atoms with van der Waals surface area (Å²) < 4.78 is 6.17. The normalized spacial score (nSPS) is 14.5. The number of nitrogens with zero attached hydrogens (tertiary/aromatic N) is 1. The van der Waals surface area contributed by atoms with E-state index in [9.17, 15) is 0 Å². The molecule has 0 aliphatic carbocycles. The van der Waals surface area contributed by atoms with Gasteiger partial charge in [-0.2, -0.15) is 0 Å². The third-order valence-corrected chi connectivity index (χ3v) is 4.98. The summed E-state index contributed by atoms with van der Waals surface area (Å²) in [5.74, 6) is 0.506. The number of fused-ring (bicyclic) bond motifs is 3. The van der Waals surface area contributed by atoms with Gasteiger partial charge in [0, 0.05) is 33.8 Å². The first-order valence-electron chi connectivity index (χ1n) is 9.42. The zero-order chi connectivity index (χ0) is 18.7. The maximum atomic E-state index is 6.17. The maximum absolute atomic E-state index is 6.17. The molecular formula is C23H28N2O. The lowest BCUT2D eigenvalue weighted by atomic mass is 9.98. The fraction of sp³-hybridized carbons (Fsp3) is 0.348. The number of allylic oxidation sites excluding steroid dienone is 2. The van der Waals surface area contributed by atoms with Gasteiger partial charge in [-0.05, 0) is 50.8 Å². The molecule has 3 aromatic rings. The van der Waals surface area contributed by atoms with E-state index < -0.39 is 0 Å². The molecule has 3 rings (SSSR count). The Morgan fingerprint density at radius 1 is 1.23 bits per heavy atom. The van der Waals surface area contributed by atoms with Crippen LogP contribution >= 0.6 is 0 Å². The zero-order valence-electron chi connectivity index (χ0n) is 16.2. The van der Waals surface area contributed by atoms with E-state index in [-0.39, 0.29) is 0 Å². The molecule has 2 heterocycles. The third kappa shape index (κ3) is 3.52. The average Bonchev–Trinajstić information content (AvgIpc) is 2.98. The smallest absolute Gasteiger partial charge is 0.227 e. The van der Waals surface area contributed by atoms with Gasteiger partial charge >= 0.3 is 0 Å². The highest BCUT2D eigenvalue weighted by molar-refractivity contribution is 6.06. The van der Waals surface area contributed by atoms with Crippen molar-refractivity contribution in [3.05, 3.63) is 60.3 Å².